The quantitative estimate of drug-likeness (QED) is 0.385. The van der Waals surface area contributed by atoms with Gasteiger partial charge in [0.1, 0.15) is 5.52 Å². The van der Waals surface area contributed by atoms with Crippen molar-refractivity contribution < 1.29 is 9.21 Å². The number of aromatic nitrogens is 1. The van der Waals surface area contributed by atoms with Crippen molar-refractivity contribution in [3.63, 3.8) is 0 Å². The minimum Gasteiger partial charge on any atom is -0.436 e. The summed E-state index contributed by atoms with van der Waals surface area (Å²) in [5.74, 6) is 0.150. The van der Waals surface area contributed by atoms with Crippen LogP contribution < -0.4 is 5.32 Å². The number of fused-ring (bicyclic) bond motifs is 1. The summed E-state index contributed by atoms with van der Waals surface area (Å²) in [6.45, 7) is 5.88. The van der Waals surface area contributed by atoms with Crippen LogP contribution in [0.15, 0.2) is 52.9 Å². The van der Waals surface area contributed by atoms with Gasteiger partial charge in [-0.15, -0.1) is 0 Å². The van der Waals surface area contributed by atoms with Crippen molar-refractivity contribution in [2.24, 2.45) is 0 Å². The lowest BCUT2D eigenvalue weighted by Gasteiger charge is -2.08. The highest BCUT2D eigenvalue weighted by atomic mass is 35.5. The van der Waals surface area contributed by atoms with Crippen LogP contribution in [0, 0.1) is 20.8 Å². The van der Waals surface area contributed by atoms with Gasteiger partial charge >= 0.3 is 0 Å². The fourth-order valence-electron chi connectivity index (χ4n) is 3.20. The van der Waals surface area contributed by atoms with Gasteiger partial charge in [0.2, 0.25) is 5.89 Å². The van der Waals surface area contributed by atoms with Crippen molar-refractivity contribution in [2.75, 3.05) is 5.32 Å². The van der Waals surface area contributed by atoms with Gasteiger partial charge in [-0.1, -0.05) is 35.3 Å². The minimum atomic E-state index is -0.260. The lowest BCUT2D eigenvalue weighted by molar-refractivity contribution is 0.102. The van der Waals surface area contributed by atoms with Crippen molar-refractivity contribution in [1.29, 1.82) is 0 Å². The number of anilines is 1. The van der Waals surface area contributed by atoms with E-state index in [1.165, 1.54) is 0 Å². The van der Waals surface area contributed by atoms with Crippen LogP contribution in [0.25, 0.3) is 22.6 Å². The SMILES string of the molecule is Cc1cc(C)c2oc(-c3cc(NC(=O)c4ccc(C)c(Cl)c4)ccc3Cl)nc2c1. The molecular weight excluding hydrogens is 407 g/mol. The molecule has 146 valence electrons. The van der Waals surface area contributed by atoms with E-state index in [-0.39, 0.29) is 5.91 Å². The number of benzene rings is 3. The molecule has 29 heavy (non-hydrogen) atoms. The van der Waals surface area contributed by atoms with Gasteiger partial charge in [-0.25, -0.2) is 4.98 Å². The molecule has 0 aliphatic heterocycles. The number of halogens is 2. The molecule has 0 saturated carbocycles. The molecule has 0 bridgehead atoms. The zero-order valence-corrected chi connectivity index (χ0v) is 17.7. The van der Waals surface area contributed by atoms with Crippen LogP contribution in [0.4, 0.5) is 5.69 Å². The third-order valence-corrected chi connectivity index (χ3v) is 5.45. The number of nitrogens with zero attached hydrogens (tertiary/aromatic N) is 1. The van der Waals surface area contributed by atoms with Gasteiger partial charge in [0.15, 0.2) is 5.58 Å². The first-order valence-electron chi connectivity index (χ1n) is 9.07. The fourth-order valence-corrected chi connectivity index (χ4v) is 3.58. The zero-order valence-electron chi connectivity index (χ0n) is 16.1. The smallest absolute Gasteiger partial charge is 0.255 e. The van der Waals surface area contributed by atoms with Crippen LogP contribution in [0.5, 0.6) is 0 Å². The average Bonchev–Trinajstić information content (AvgIpc) is 3.09. The van der Waals surface area contributed by atoms with Gasteiger partial charge < -0.3 is 9.73 Å². The molecule has 1 amide bonds. The third kappa shape index (κ3) is 3.86. The molecule has 1 N–H and O–H groups in total. The van der Waals surface area contributed by atoms with Gasteiger partial charge in [-0.3, -0.25) is 4.79 Å². The van der Waals surface area contributed by atoms with Crippen molar-refractivity contribution in [3.05, 3.63) is 80.8 Å². The summed E-state index contributed by atoms with van der Waals surface area (Å²) < 4.78 is 5.97. The lowest BCUT2D eigenvalue weighted by atomic mass is 10.1. The summed E-state index contributed by atoms with van der Waals surface area (Å²) in [7, 11) is 0. The number of hydrogen-bond acceptors (Lipinski definition) is 3. The summed E-state index contributed by atoms with van der Waals surface area (Å²) in [5.41, 5.74) is 6.21. The molecule has 0 saturated heterocycles. The van der Waals surface area contributed by atoms with E-state index in [0.717, 1.165) is 27.8 Å². The summed E-state index contributed by atoms with van der Waals surface area (Å²) >= 11 is 12.5. The van der Waals surface area contributed by atoms with Crippen LogP contribution in [0.3, 0.4) is 0 Å². The van der Waals surface area contributed by atoms with Crippen LogP contribution >= 0.6 is 23.2 Å². The Bertz CT molecular complexity index is 1260. The molecule has 0 aliphatic rings. The van der Waals surface area contributed by atoms with Gasteiger partial charge in [-0.05, 0) is 73.9 Å². The number of rotatable bonds is 3. The van der Waals surface area contributed by atoms with E-state index >= 15 is 0 Å². The number of aryl methyl sites for hydroxylation is 3. The van der Waals surface area contributed by atoms with E-state index in [0.29, 0.717) is 32.8 Å². The number of oxazole rings is 1. The Morgan fingerprint density at radius 1 is 0.931 bits per heavy atom. The molecule has 4 aromatic rings. The summed E-state index contributed by atoms with van der Waals surface area (Å²) in [4.78, 5) is 17.2. The molecule has 0 spiro atoms. The highest BCUT2D eigenvalue weighted by molar-refractivity contribution is 6.33. The first-order chi connectivity index (χ1) is 13.8. The van der Waals surface area contributed by atoms with Gasteiger partial charge in [0.25, 0.3) is 5.91 Å². The Morgan fingerprint density at radius 3 is 2.48 bits per heavy atom. The first-order valence-corrected chi connectivity index (χ1v) is 9.82. The number of nitrogens with one attached hydrogen (secondary N) is 1. The second-order valence-electron chi connectivity index (χ2n) is 7.06. The van der Waals surface area contributed by atoms with Crippen molar-refractivity contribution in [3.8, 4) is 11.5 Å². The Morgan fingerprint density at radius 2 is 1.72 bits per heavy atom. The van der Waals surface area contributed by atoms with E-state index in [4.69, 9.17) is 27.6 Å². The molecule has 4 rings (SSSR count). The van der Waals surface area contributed by atoms with Gasteiger partial charge in [0.05, 0.1) is 10.6 Å². The molecule has 1 aromatic heterocycles. The van der Waals surface area contributed by atoms with Gasteiger partial charge in [-0.2, -0.15) is 0 Å². The maximum Gasteiger partial charge on any atom is 0.255 e. The number of amides is 1. The van der Waals surface area contributed by atoms with Crippen molar-refractivity contribution >= 4 is 45.9 Å². The highest BCUT2D eigenvalue weighted by Gasteiger charge is 2.15. The molecule has 0 radical (unpaired) electrons. The predicted molar refractivity (Wildman–Crippen MR) is 118 cm³/mol. The summed E-state index contributed by atoms with van der Waals surface area (Å²) in [6, 6.07) is 14.4. The maximum atomic E-state index is 12.6. The first kappa shape index (κ1) is 19.5. The summed E-state index contributed by atoms with van der Waals surface area (Å²) in [6.07, 6.45) is 0. The topological polar surface area (TPSA) is 55.1 Å². The Labute approximate surface area is 178 Å². The average molecular weight is 425 g/mol. The Hall–Kier alpha value is -2.82. The van der Waals surface area contributed by atoms with E-state index in [1.54, 1.807) is 30.3 Å². The second-order valence-corrected chi connectivity index (χ2v) is 7.88. The number of carbonyl (C=O) groups is 1. The maximum absolute atomic E-state index is 12.6. The van der Waals surface area contributed by atoms with Crippen molar-refractivity contribution in [2.45, 2.75) is 20.8 Å². The zero-order chi connectivity index (χ0) is 20.7. The fraction of sp³-hybridized carbons (Fsp3) is 0.130. The van der Waals surface area contributed by atoms with Crippen LogP contribution in [-0.2, 0) is 0 Å². The van der Waals surface area contributed by atoms with Gasteiger partial charge in [0, 0.05) is 16.3 Å². The van der Waals surface area contributed by atoms with Crippen LogP contribution in [0.1, 0.15) is 27.0 Å². The normalized spacial score (nSPS) is 11.1. The molecule has 0 unspecified atom stereocenters. The Kier molecular flexibility index (Phi) is 5.07. The number of carbonyl (C=O) groups excluding carboxylic acids is 1. The molecule has 3 aromatic carbocycles. The summed E-state index contributed by atoms with van der Waals surface area (Å²) in [5, 5.41) is 3.91. The standard InChI is InChI=1S/C23H18Cl2N2O2/c1-12-8-14(3)21-20(9-12)27-23(29-21)17-11-16(6-7-18(17)24)26-22(28)15-5-4-13(2)19(25)10-15/h4-11H,1-3H3,(H,26,28). The second kappa shape index (κ2) is 7.54. The Balaban J connectivity index is 1.68. The predicted octanol–water partition coefficient (Wildman–Crippen LogP) is 6.98. The molecule has 0 fully saturated rings. The highest BCUT2D eigenvalue weighted by Crippen LogP contribution is 2.33. The van der Waals surface area contributed by atoms with Crippen molar-refractivity contribution in [1.82, 2.24) is 4.98 Å². The third-order valence-electron chi connectivity index (χ3n) is 4.71. The van der Waals surface area contributed by atoms with E-state index in [1.807, 2.05) is 39.0 Å². The van der Waals surface area contributed by atoms with E-state index < -0.39 is 0 Å². The van der Waals surface area contributed by atoms with Crippen LogP contribution in [0.2, 0.25) is 10.0 Å². The van der Waals surface area contributed by atoms with E-state index in [9.17, 15) is 4.79 Å². The molecule has 1 heterocycles. The van der Waals surface area contributed by atoms with Crippen LogP contribution in [-0.4, -0.2) is 10.9 Å². The molecule has 0 atom stereocenters. The lowest BCUT2D eigenvalue weighted by Crippen LogP contribution is -2.12. The molecule has 6 heteroatoms. The molecule has 0 aliphatic carbocycles. The minimum absolute atomic E-state index is 0.260. The molecule has 4 nitrogen and oxygen atoms in total. The number of hydrogen-bond donors (Lipinski definition) is 1. The largest absolute Gasteiger partial charge is 0.436 e. The molecular formula is C23H18Cl2N2O2. The monoisotopic (exact) mass is 424 g/mol. The van der Waals surface area contributed by atoms with E-state index in [2.05, 4.69) is 10.3 Å².